The Balaban J connectivity index is 1.97. The number of ether oxygens (including phenoxy) is 1. The molecule has 0 radical (unpaired) electrons. The van der Waals surface area contributed by atoms with Crippen molar-refractivity contribution in [2.24, 2.45) is 0 Å². The summed E-state index contributed by atoms with van der Waals surface area (Å²) in [5.41, 5.74) is 2.53. The summed E-state index contributed by atoms with van der Waals surface area (Å²) >= 11 is 3.35. The zero-order valence-corrected chi connectivity index (χ0v) is 17.2. The van der Waals surface area contributed by atoms with Crippen molar-refractivity contribution in [2.75, 3.05) is 13.7 Å². The minimum absolute atomic E-state index is 0.0214. The molecule has 0 fully saturated rings. The molecule has 0 saturated heterocycles. The third kappa shape index (κ3) is 4.02. The summed E-state index contributed by atoms with van der Waals surface area (Å²) < 4.78 is 5.65. The number of halogens is 1. The highest BCUT2D eigenvalue weighted by Crippen LogP contribution is 2.34. The fraction of sp³-hybridized carbons (Fsp3) is 0.182. The molecule has 3 rings (SSSR count). The molecule has 0 aliphatic carbocycles. The minimum Gasteiger partial charge on any atom is -0.507 e. The molecule has 0 unspecified atom stereocenters. The number of phenolic OH excluding ortho intramolecular Hbond substituents is 1. The van der Waals surface area contributed by atoms with Crippen molar-refractivity contribution in [2.45, 2.75) is 13.3 Å². The van der Waals surface area contributed by atoms with Crippen molar-refractivity contribution < 1.29 is 19.4 Å². The van der Waals surface area contributed by atoms with E-state index in [1.165, 1.54) is 19.3 Å². The molecule has 1 aliphatic rings. The fourth-order valence-corrected chi connectivity index (χ4v) is 3.56. The number of nitrogens with zero attached hydrogens (tertiary/aromatic N) is 1. The van der Waals surface area contributed by atoms with Gasteiger partial charge >= 0.3 is 5.97 Å². The molecule has 28 heavy (non-hydrogen) atoms. The molecular formula is C22H20BrNO4. The van der Waals surface area contributed by atoms with E-state index in [2.05, 4.69) is 15.9 Å². The van der Waals surface area contributed by atoms with Gasteiger partial charge in [-0.1, -0.05) is 46.3 Å². The van der Waals surface area contributed by atoms with E-state index in [1.807, 2.05) is 30.3 Å². The molecule has 1 aliphatic heterocycles. The van der Waals surface area contributed by atoms with Gasteiger partial charge in [-0.05, 0) is 43.2 Å². The minimum atomic E-state index is -0.575. The van der Waals surface area contributed by atoms with Crippen LogP contribution in [0.15, 0.2) is 69.8 Å². The first kappa shape index (κ1) is 19.9. The SMILES string of the molecule is COC(=O)C1=C(C)N(CCc2ccccc2)C(=O)/C1=C\c1cc(Br)ccc1O. The second-order valence-electron chi connectivity index (χ2n) is 6.41. The number of benzene rings is 2. The third-order valence-corrected chi connectivity index (χ3v) is 5.15. The number of hydrogen-bond acceptors (Lipinski definition) is 4. The van der Waals surface area contributed by atoms with E-state index in [4.69, 9.17) is 4.74 Å². The second-order valence-corrected chi connectivity index (χ2v) is 7.32. The highest BCUT2D eigenvalue weighted by atomic mass is 79.9. The van der Waals surface area contributed by atoms with Crippen molar-refractivity contribution in [1.82, 2.24) is 4.90 Å². The summed E-state index contributed by atoms with van der Waals surface area (Å²) in [5, 5.41) is 10.1. The Morgan fingerprint density at radius 2 is 1.93 bits per heavy atom. The molecule has 1 N–H and O–H groups in total. The maximum absolute atomic E-state index is 13.1. The first-order valence-corrected chi connectivity index (χ1v) is 9.57. The Kier molecular flexibility index (Phi) is 5.99. The van der Waals surface area contributed by atoms with E-state index in [0.29, 0.717) is 24.2 Å². The third-order valence-electron chi connectivity index (χ3n) is 4.66. The largest absolute Gasteiger partial charge is 0.507 e. The maximum atomic E-state index is 13.1. The van der Waals surface area contributed by atoms with Crippen LogP contribution >= 0.6 is 15.9 Å². The van der Waals surface area contributed by atoms with E-state index in [-0.39, 0.29) is 22.8 Å². The van der Waals surface area contributed by atoms with E-state index in [1.54, 1.807) is 24.0 Å². The zero-order chi connectivity index (χ0) is 20.3. The number of carbonyl (C=O) groups excluding carboxylic acids is 2. The molecule has 1 amide bonds. The van der Waals surface area contributed by atoms with Crippen LogP contribution in [0.25, 0.3) is 6.08 Å². The zero-order valence-electron chi connectivity index (χ0n) is 15.6. The van der Waals surface area contributed by atoms with Crippen molar-refractivity contribution in [1.29, 1.82) is 0 Å². The van der Waals surface area contributed by atoms with Gasteiger partial charge in [0.1, 0.15) is 5.75 Å². The van der Waals surface area contributed by atoms with Crippen LogP contribution in [-0.2, 0) is 20.7 Å². The van der Waals surface area contributed by atoms with Gasteiger partial charge in [-0.25, -0.2) is 4.79 Å². The molecule has 0 saturated carbocycles. The van der Waals surface area contributed by atoms with Crippen molar-refractivity contribution in [3.63, 3.8) is 0 Å². The van der Waals surface area contributed by atoms with E-state index < -0.39 is 5.97 Å². The van der Waals surface area contributed by atoms with Crippen LogP contribution in [-0.4, -0.2) is 35.5 Å². The van der Waals surface area contributed by atoms with Crippen LogP contribution in [0.3, 0.4) is 0 Å². The van der Waals surface area contributed by atoms with Gasteiger partial charge in [-0.2, -0.15) is 0 Å². The number of phenols is 1. The maximum Gasteiger partial charge on any atom is 0.340 e. The number of amides is 1. The molecule has 0 atom stereocenters. The standard InChI is InChI=1S/C22H20BrNO4/c1-14-20(22(27)28-2)18(13-16-12-17(23)8-9-19(16)25)21(26)24(14)11-10-15-6-4-3-5-7-15/h3-9,12-13,25H,10-11H2,1-2H3/b18-13-. The van der Waals surface area contributed by atoms with Gasteiger partial charge < -0.3 is 14.7 Å². The Labute approximate surface area is 172 Å². The number of aromatic hydroxyl groups is 1. The number of allylic oxidation sites excluding steroid dienone is 1. The monoisotopic (exact) mass is 441 g/mol. The lowest BCUT2D eigenvalue weighted by Crippen LogP contribution is -2.27. The van der Waals surface area contributed by atoms with Crippen LogP contribution < -0.4 is 0 Å². The quantitative estimate of drug-likeness (QED) is 0.560. The number of esters is 1. The smallest absolute Gasteiger partial charge is 0.340 e. The van der Waals surface area contributed by atoms with Crippen LogP contribution in [0.2, 0.25) is 0 Å². The molecule has 5 nitrogen and oxygen atoms in total. The average Bonchev–Trinajstić information content (AvgIpc) is 2.93. The Bertz CT molecular complexity index is 979. The van der Waals surface area contributed by atoms with Gasteiger partial charge in [0, 0.05) is 22.3 Å². The molecule has 2 aromatic rings. The van der Waals surface area contributed by atoms with Gasteiger partial charge in [-0.3, -0.25) is 4.79 Å². The van der Waals surface area contributed by atoms with Crippen LogP contribution in [0.5, 0.6) is 5.75 Å². The predicted molar refractivity (Wildman–Crippen MR) is 110 cm³/mol. The van der Waals surface area contributed by atoms with E-state index >= 15 is 0 Å². The molecule has 2 aromatic carbocycles. The van der Waals surface area contributed by atoms with Gasteiger partial charge in [0.2, 0.25) is 0 Å². The molecule has 0 spiro atoms. The summed E-state index contributed by atoms with van der Waals surface area (Å²) in [6.45, 7) is 2.17. The molecule has 0 aromatic heterocycles. The molecule has 1 heterocycles. The van der Waals surface area contributed by atoms with Gasteiger partial charge in [0.05, 0.1) is 18.3 Å². The van der Waals surface area contributed by atoms with Gasteiger partial charge in [0.15, 0.2) is 0 Å². The van der Waals surface area contributed by atoms with Crippen LogP contribution in [0.1, 0.15) is 18.1 Å². The van der Waals surface area contributed by atoms with Crippen LogP contribution in [0.4, 0.5) is 0 Å². The number of hydrogen-bond donors (Lipinski definition) is 1. The molecular weight excluding hydrogens is 422 g/mol. The first-order chi connectivity index (χ1) is 13.4. The highest BCUT2D eigenvalue weighted by molar-refractivity contribution is 9.10. The van der Waals surface area contributed by atoms with E-state index in [9.17, 15) is 14.7 Å². The summed E-state index contributed by atoms with van der Waals surface area (Å²) in [6.07, 6.45) is 2.19. The van der Waals surface area contributed by atoms with Crippen molar-refractivity contribution >= 4 is 33.9 Å². The normalized spacial score (nSPS) is 15.5. The Hall–Kier alpha value is -2.86. The summed E-state index contributed by atoms with van der Waals surface area (Å²) in [4.78, 5) is 27.0. The molecule has 144 valence electrons. The lowest BCUT2D eigenvalue weighted by molar-refractivity contribution is -0.136. The Morgan fingerprint density at radius 3 is 2.61 bits per heavy atom. The first-order valence-electron chi connectivity index (χ1n) is 8.78. The fourth-order valence-electron chi connectivity index (χ4n) is 3.18. The van der Waals surface area contributed by atoms with Crippen LogP contribution in [0, 0.1) is 0 Å². The highest BCUT2D eigenvalue weighted by Gasteiger charge is 2.36. The lowest BCUT2D eigenvalue weighted by Gasteiger charge is -2.17. The summed E-state index contributed by atoms with van der Waals surface area (Å²) in [5.74, 6) is -0.838. The lowest BCUT2D eigenvalue weighted by atomic mass is 10.0. The number of methoxy groups -OCH3 is 1. The van der Waals surface area contributed by atoms with Crippen molar-refractivity contribution in [3.05, 3.63) is 81.0 Å². The van der Waals surface area contributed by atoms with Crippen molar-refractivity contribution in [3.8, 4) is 5.75 Å². The van der Waals surface area contributed by atoms with E-state index in [0.717, 1.165) is 10.0 Å². The Morgan fingerprint density at radius 1 is 1.21 bits per heavy atom. The number of rotatable bonds is 5. The molecule has 6 heteroatoms. The van der Waals surface area contributed by atoms with Gasteiger partial charge in [0.25, 0.3) is 5.91 Å². The predicted octanol–water partition coefficient (Wildman–Crippen LogP) is 4.07. The average molecular weight is 442 g/mol. The number of carbonyl (C=O) groups is 2. The molecule has 0 bridgehead atoms. The second kappa shape index (κ2) is 8.44. The van der Waals surface area contributed by atoms with Gasteiger partial charge in [-0.15, -0.1) is 0 Å². The summed E-state index contributed by atoms with van der Waals surface area (Å²) in [6, 6.07) is 14.7. The topological polar surface area (TPSA) is 66.8 Å². The summed E-state index contributed by atoms with van der Waals surface area (Å²) in [7, 11) is 1.29.